The van der Waals surface area contributed by atoms with Gasteiger partial charge in [-0.15, -0.1) is 0 Å². The molecule has 3 aromatic carbocycles. The molecule has 0 aromatic heterocycles. The highest BCUT2D eigenvalue weighted by molar-refractivity contribution is 14.1. The second-order valence-corrected chi connectivity index (χ2v) is 17.5. The second kappa shape index (κ2) is 22.8. The van der Waals surface area contributed by atoms with Crippen LogP contribution >= 0.6 is 56.9 Å². The number of halogens is 2. The van der Waals surface area contributed by atoms with Crippen LogP contribution in [0.25, 0.3) is 0 Å². The van der Waals surface area contributed by atoms with Gasteiger partial charge in [-0.05, 0) is 107 Å². The highest BCUT2D eigenvalue weighted by Gasteiger charge is 2.09. The van der Waals surface area contributed by atoms with E-state index in [2.05, 4.69) is 71.2 Å². The fourth-order valence-corrected chi connectivity index (χ4v) is 5.34. The third-order valence-electron chi connectivity index (χ3n) is 5.62. The van der Waals surface area contributed by atoms with Gasteiger partial charge in [0.05, 0.1) is 12.4 Å². The number of hydrogen-bond donors (Lipinski definition) is 1. The topological polar surface area (TPSA) is 97.7 Å². The Morgan fingerprint density at radius 3 is 1.69 bits per heavy atom. The Morgan fingerprint density at radius 1 is 0.844 bits per heavy atom. The minimum atomic E-state index is -2.74. The van der Waals surface area contributed by atoms with Gasteiger partial charge in [-0.2, -0.15) is 0 Å². The molecule has 0 aliphatic heterocycles. The molecule has 0 fully saturated rings. The van der Waals surface area contributed by atoms with E-state index in [1.165, 1.54) is 29.1 Å². The first-order valence-corrected chi connectivity index (χ1v) is 19.8. The van der Waals surface area contributed by atoms with Crippen LogP contribution in [0.3, 0.4) is 0 Å². The first-order chi connectivity index (χ1) is 20.9. The molecule has 0 saturated carbocycles. The van der Waals surface area contributed by atoms with Crippen molar-refractivity contribution in [1.29, 1.82) is 0 Å². The van der Waals surface area contributed by atoms with E-state index in [0.29, 0.717) is 11.7 Å². The molecule has 0 unspecified atom stereocenters. The largest absolute Gasteiger partial charge is 0.506 e. The lowest BCUT2D eigenvalue weighted by Crippen LogP contribution is -2.10. The molecular formula is C35H48I2O6S2. The lowest BCUT2D eigenvalue weighted by Gasteiger charge is -2.10. The molecule has 0 aliphatic rings. The van der Waals surface area contributed by atoms with Crippen molar-refractivity contribution >= 4 is 78.2 Å². The average Bonchev–Trinajstić information content (AvgIpc) is 2.96. The maximum absolute atomic E-state index is 11.3. The number of carbonyl (C=O) groups excluding carboxylic acids is 2. The molecule has 1 N–H and O–H groups in total. The SMILES string of the molecule is CC(C)C(=O)SCc1ccccc1.CC(C)C=O.CC(C)Cc1ccc(Oc2cc(I)c(O)c(I)c2)cc1.CC(C)S(C)(=O)=O. The summed E-state index contributed by atoms with van der Waals surface area (Å²) in [5.74, 6) is 3.65. The molecule has 0 aliphatic carbocycles. The van der Waals surface area contributed by atoms with Crippen LogP contribution in [0.2, 0.25) is 0 Å². The van der Waals surface area contributed by atoms with E-state index in [4.69, 9.17) is 4.74 Å². The third kappa shape index (κ3) is 21.0. The van der Waals surface area contributed by atoms with E-state index in [9.17, 15) is 23.1 Å². The molecule has 0 bridgehead atoms. The Balaban J connectivity index is 0.000000662. The average molecular weight is 883 g/mol. The van der Waals surface area contributed by atoms with Gasteiger partial charge in [-0.1, -0.05) is 95.8 Å². The van der Waals surface area contributed by atoms with Crippen LogP contribution < -0.4 is 4.74 Å². The highest BCUT2D eigenvalue weighted by Crippen LogP contribution is 2.33. The van der Waals surface area contributed by atoms with E-state index < -0.39 is 9.84 Å². The van der Waals surface area contributed by atoms with Gasteiger partial charge >= 0.3 is 0 Å². The van der Waals surface area contributed by atoms with Crippen molar-refractivity contribution in [2.24, 2.45) is 17.8 Å². The number of aromatic hydroxyl groups is 1. The maximum atomic E-state index is 11.3. The van der Waals surface area contributed by atoms with Gasteiger partial charge in [0.2, 0.25) is 0 Å². The summed E-state index contributed by atoms with van der Waals surface area (Å²) >= 11 is 5.60. The van der Waals surface area contributed by atoms with Crippen molar-refractivity contribution in [2.75, 3.05) is 6.26 Å². The van der Waals surface area contributed by atoms with Crippen LogP contribution in [-0.4, -0.2) is 36.4 Å². The fraction of sp³-hybridized carbons (Fsp3) is 0.429. The Morgan fingerprint density at radius 2 is 1.31 bits per heavy atom. The third-order valence-corrected chi connectivity index (χ3v) is 10.2. The highest BCUT2D eigenvalue weighted by atomic mass is 127. The molecule has 0 radical (unpaired) electrons. The van der Waals surface area contributed by atoms with E-state index in [1.807, 2.05) is 82.3 Å². The second-order valence-electron chi connectivity index (χ2n) is 11.6. The number of thioether (sulfide) groups is 1. The number of ether oxygens (including phenoxy) is 1. The number of carbonyl (C=O) groups is 2. The van der Waals surface area contributed by atoms with Gasteiger partial charge in [0.25, 0.3) is 0 Å². The van der Waals surface area contributed by atoms with Crippen LogP contribution in [-0.2, 0) is 31.6 Å². The molecule has 0 atom stereocenters. The van der Waals surface area contributed by atoms with Gasteiger partial charge in [-0.3, -0.25) is 4.79 Å². The minimum absolute atomic E-state index is 0.133. The molecule has 0 spiro atoms. The predicted molar refractivity (Wildman–Crippen MR) is 207 cm³/mol. The molecule has 45 heavy (non-hydrogen) atoms. The maximum Gasteiger partial charge on any atom is 0.191 e. The van der Waals surface area contributed by atoms with Crippen molar-refractivity contribution < 1.29 is 27.9 Å². The van der Waals surface area contributed by atoms with Gasteiger partial charge < -0.3 is 14.6 Å². The Labute approximate surface area is 302 Å². The quantitative estimate of drug-likeness (QED) is 0.169. The van der Waals surface area contributed by atoms with Gasteiger partial charge in [0, 0.05) is 23.8 Å². The summed E-state index contributed by atoms with van der Waals surface area (Å²) in [7, 11) is -2.74. The summed E-state index contributed by atoms with van der Waals surface area (Å²) in [6, 6.07) is 21.9. The molecule has 10 heteroatoms. The Kier molecular flexibility index (Phi) is 22.0. The summed E-state index contributed by atoms with van der Waals surface area (Å²) in [6.07, 6.45) is 3.23. The lowest BCUT2D eigenvalue weighted by molar-refractivity contribution is -0.113. The molecule has 0 saturated heterocycles. The van der Waals surface area contributed by atoms with Crippen LogP contribution in [0.15, 0.2) is 66.7 Å². The van der Waals surface area contributed by atoms with E-state index >= 15 is 0 Å². The zero-order chi connectivity index (χ0) is 34.7. The number of phenolic OH excluding ortho intramolecular Hbond substituents is 1. The lowest BCUT2D eigenvalue weighted by atomic mass is 10.0. The zero-order valence-electron chi connectivity index (χ0n) is 27.7. The normalized spacial score (nSPS) is 10.7. The monoisotopic (exact) mass is 882 g/mol. The van der Waals surface area contributed by atoms with Crippen molar-refractivity contribution in [3.05, 3.63) is 85.0 Å². The van der Waals surface area contributed by atoms with Crippen LogP contribution in [0.5, 0.6) is 17.2 Å². The van der Waals surface area contributed by atoms with E-state index in [0.717, 1.165) is 37.1 Å². The van der Waals surface area contributed by atoms with E-state index in [1.54, 1.807) is 13.8 Å². The number of hydrogen-bond acceptors (Lipinski definition) is 7. The molecule has 0 amide bonds. The number of rotatable bonds is 9. The Bertz CT molecular complexity index is 1370. The summed E-state index contributed by atoms with van der Waals surface area (Å²) in [5, 5.41) is 9.78. The summed E-state index contributed by atoms with van der Waals surface area (Å²) in [5.41, 5.74) is 2.53. The van der Waals surface area contributed by atoms with Gasteiger partial charge in [0.15, 0.2) is 5.12 Å². The molecule has 3 aromatic rings. The standard InChI is InChI=1S/C16H16I2O2.C11H14OS.C4H10O2S.C4H8O/c1-10(2)7-11-3-5-12(6-4-11)20-13-8-14(17)16(19)15(18)9-13;1-9(2)11(12)13-8-10-6-4-3-5-7-10;1-4(2)7(3,5)6;1-4(2)3-5/h3-6,8-10,19H,7H2,1-2H3;3-7,9H,8H2,1-2H3;4H,1-3H3;3-4H,1-2H3. The summed E-state index contributed by atoms with van der Waals surface area (Å²) < 4.78 is 28.1. The van der Waals surface area contributed by atoms with Crippen molar-refractivity contribution in [3.8, 4) is 17.2 Å². The minimum Gasteiger partial charge on any atom is -0.506 e. The summed E-state index contributed by atoms with van der Waals surface area (Å²) in [6.45, 7) is 15.3. The zero-order valence-corrected chi connectivity index (χ0v) is 33.7. The smallest absolute Gasteiger partial charge is 0.191 e. The van der Waals surface area contributed by atoms with Crippen molar-refractivity contribution in [2.45, 2.75) is 72.8 Å². The number of aldehydes is 1. The van der Waals surface area contributed by atoms with Gasteiger partial charge in [0.1, 0.15) is 33.4 Å². The Hall–Kier alpha value is -1.64. The molecular weight excluding hydrogens is 834 g/mol. The molecule has 250 valence electrons. The number of benzene rings is 3. The number of phenols is 1. The number of sulfone groups is 1. The molecule has 6 nitrogen and oxygen atoms in total. The van der Waals surface area contributed by atoms with Crippen LogP contribution in [0.4, 0.5) is 0 Å². The van der Waals surface area contributed by atoms with Crippen molar-refractivity contribution in [1.82, 2.24) is 0 Å². The molecule has 0 heterocycles. The van der Waals surface area contributed by atoms with Crippen LogP contribution in [0, 0.1) is 24.9 Å². The first kappa shape index (κ1) is 43.4. The molecule has 3 rings (SSSR count). The van der Waals surface area contributed by atoms with E-state index in [-0.39, 0.29) is 22.2 Å². The summed E-state index contributed by atoms with van der Waals surface area (Å²) in [4.78, 5) is 20.8. The first-order valence-electron chi connectivity index (χ1n) is 14.7. The van der Waals surface area contributed by atoms with Gasteiger partial charge in [-0.25, -0.2) is 8.42 Å². The predicted octanol–water partition coefficient (Wildman–Crippen LogP) is 9.98. The fourth-order valence-electron chi connectivity index (χ4n) is 2.80. The van der Waals surface area contributed by atoms with Crippen molar-refractivity contribution in [3.63, 3.8) is 0 Å². The van der Waals surface area contributed by atoms with Crippen LogP contribution in [0.1, 0.15) is 66.5 Å².